The first-order valence-corrected chi connectivity index (χ1v) is 30.0. The van der Waals surface area contributed by atoms with Crippen molar-refractivity contribution >= 4 is 68.8 Å². The molecule has 5 amide bonds. The van der Waals surface area contributed by atoms with Gasteiger partial charge in [-0.1, -0.05) is 69.3 Å². The molecule has 84 heavy (non-hydrogen) atoms. The van der Waals surface area contributed by atoms with E-state index in [2.05, 4.69) is 25.5 Å². The molecule has 4 atom stereocenters. The number of aromatic nitrogens is 2. The second kappa shape index (κ2) is 27.9. The van der Waals surface area contributed by atoms with E-state index in [1.165, 1.54) is 27.3 Å². The van der Waals surface area contributed by atoms with Gasteiger partial charge in [-0.25, -0.2) is 14.4 Å². The van der Waals surface area contributed by atoms with Crippen LogP contribution in [0.15, 0.2) is 102 Å². The number of likely N-dealkylation sites (tertiary alicyclic amines) is 1. The molecular formula is C62H71FN8O11S2. The van der Waals surface area contributed by atoms with E-state index in [1.54, 1.807) is 22.8 Å². The van der Waals surface area contributed by atoms with E-state index in [0.29, 0.717) is 62.1 Å². The van der Waals surface area contributed by atoms with Crippen LogP contribution in [0.1, 0.15) is 85.2 Å². The molecule has 444 valence electrons. The van der Waals surface area contributed by atoms with E-state index in [4.69, 9.17) is 14.2 Å². The molecule has 3 aliphatic rings. The Morgan fingerprint density at radius 3 is 2.14 bits per heavy atom. The number of rotatable bonds is 25. The summed E-state index contributed by atoms with van der Waals surface area (Å²) in [6.45, 7) is 11.4. The summed E-state index contributed by atoms with van der Waals surface area (Å²) < 4.78 is 31.4. The van der Waals surface area contributed by atoms with Crippen LogP contribution in [0.4, 0.5) is 15.2 Å². The van der Waals surface area contributed by atoms with Gasteiger partial charge in [0.1, 0.15) is 23.7 Å². The van der Waals surface area contributed by atoms with Crippen molar-refractivity contribution in [3.8, 4) is 27.3 Å². The molecule has 6 aromatic rings. The summed E-state index contributed by atoms with van der Waals surface area (Å²) >= 11 is 2.77. The van der Waals surface area contributed by atoms with Gasteiger partial charge in [0.05, 0.1) is 74.3 Å². The number of aromatic hydroxyl groups is 1. The summed E-state index contributed by atoms with van der Waals surface area (Å²) in [5, 5.41) is 28.9. The number of piperazine rings is 1. The standard InChI is InChI=1S/C62H71FN8O11S2/c1-39-56(84-38-65-39)42-8-5-40(6-9-42)7-17-52(74)50-35-47(72)37-70(50)60(79)57(62(2,3)4)66-53(75)19-26-80-28-30-82-31-29-81-27-20-54(76)69-24-22-68(23-25-69)46-15-12-41(13-16-46)43-10-11-44-36-71(59(78)48(44)33-43)55(49-34-45(63)14-18-51(49)73)58(77)67-61-64-21-32-83-61/h5-6,8-16,18,21,32-34,38,47,50,55,57,72-73H,7,17,19-20,22-31,35-37H2,1-4H3,(H,66,75)(H,64,67,77)/t47-,50+,55?,57-/m1/s1. The number of thiazole rings is 2. The predicted molar refractivity (Wildman–Crippen MR) is 317 cm³/mol. The van der Waals surface area contributed by atoms with Crippen molar-refractivity contribution < 1.29 is 57.6 Å². The van der Waals surface area contributed by atoms with Crippen LogP contribution in [-0.4, -0.2) is 161 Å². The Labute approximate surface area is 495 Å². The largest absolute Gasteiger partial charge is 0.508 e. The number of phenolic OH excluding ortho intramolecular Hbond substituents is 1. The van der Waals surface area contributed by atoms with Crippen molar-refractivity contribution in [3.63, 3.8) is 0 Å². The number of aryl methyl sites for hydroxylation is 2. The van der Waals surface area contributed by atoms with Crippen LogP contribution in [0.25, 0.3) is 21.6 Å². The zero-order chi connectivity index (χ0) is 59.5. The first-order valence-electron chi connectivity index (χ1n) is 28.2. The lowest BCUT2D eigenvalue weighted by atomic mass is 9.85. The number of amides is 5. The summed E-state index contributed by atoms with van der Waals surface area (Å²) in [5.41, 5.74) is 7.89. The van der Waals surface area contributed by atoms with Crippen LogP contribution >= 0.6 is 22.7 Å². The van der Waals surface area contributed by atoms with Gasteiger partial charge in [-0.2, -0.15) is 0 Å². The molecule has 0 radical (unpaired) electrons. The number of Topliss-reactive ketones (excluding diaryl/α,β-unsaturated/α-hetero) is 1. The van der Waals surface area contributed by atoms with Gasteiger partial charge in [-0.05, 0) is 83.0 Å². The van der Waals surface area contributed by atoms with Crippen LogP contribution in [0.5, 0.6) is 5.75 Å². The Bertz CT molecular complexity index is 3270. The maximum atomic E-state index is 14.5. The summed E-state index contributed by atoms with van der Waals surface area (Å²) in [6, 6.07) is 21.8. The van der Waals surface area contributed by atoms with Gasteiger partial charge in [0, 0.05) is 86.9 Å². The fraction of sp³-hybridized carbons (Fsp3) is 0.419. The third kappa shape index (κ3) is 15.3. The number of anilines is 2. The second-order valence-corrected chi connectivity index (χ2v) is 23.9. The minimum Gasteiger partial charge on any atom is -0.508 e. The maximum absolute atomic E-state index is 14.5. The van der Waals surface area contributed by atoms with E-state index in [1.807, 2.05) is 98.8 Å². The van der Waals surface area contributed by atoms with Gasteiger partial charge in [-0.3, -0.25) is 34.1 Å². The van der Waals surface area contributed by atoms with E-state index < -0.39 is 53.2 Å². The number of hydrogen-bond donors (Lipinski definition) is 4. The smallest absolute Gasteiger partial charge is 0.255 e. The Kier molecular flexibility index (Phi) is 20.3. The number of nitrogens with one attached hydrogen (secondary N) is 2. The van der Waals surface area contributed by atoms with Crippen LogP contribution in [0, 0.1) is 18.2 Å². The van der Waals surface area contributed by atoms with Gasteiger partial charge in [0.15, 0.2) is 10.9 Å². The normalized spacial score (nSPS) is 16.9. The number of β-amino-alcohol motifs (C(OH)–C–C–N with tert-alkyl or cyclic N) is 1. The highest BCUT2D eigenvalue weighted by Crippen LogP contribution is 2.39. The number of ketones is 1. The summed E-state index contributed by atoms with van der Waals surface area (Å²) in [6.07, 6.45) is 1.78. The SMILES string of the molecule is Cc1ncsc1-c1ccc(CCC(=O)[C@@H]2C[C@@H](O)CN2C(=O)[C@@H](NC(=O)CCOCCOCCOCCC(=O)N2CCN(c3ccc(-c4ccc5c(c4)C(=O)N(C(C(=O)Nc4nccs4)c4cc(F)ccc4O)C5)cc3)CC2)C(C)(C)C)cc1. The molecule has 22 heteroatoms. The Morgan fingerprint density at radius 2 is 1.48 bits per heavy atom. The quantitative estimate of drug-likeness (QED) is 0.0405. The maximum Gasteiger partial charge on any atom is 0.255 e. The molecule has 0 aliphatic carbocycles. The van der Waals surface area contributed by atoms with Crippen molar-refractivity contribution in [2.75, 3.05) is 82.6 Å². The number of ether oxygens (including phenoxy) is 3. The van der Waals surface area contributed by atoms with E-state index in [0.717, 1.165) is 56.7 Å². The zero-order valence-electron chi connectivity index (χ0n) is 47.6. The van der Waals surface area contributed by atoms with Crippen LogP contribution in [-0.2, 0) is 51.1 Å². The van der Waals surface area contributed by atoms with Crippen molar-refractivity contribution in [2.45, 2.75) is 90.6 Å². The van der Waals surface area contributed by atoms with Crippen molar-refractivity contribution in [3.05, 3.63) is 136 Å². The van der Waals surface area contributed by atoms with Gasteiger partial charge >= 0.3 is 0 Å². The molecule has 4 N–H and O–H groups in total. The topological polar surface area (TPSA) is 233 Å². The molecule has 0 bridgehead atoms. The number of hydrogen-bond acceptors (Lipinski definition) is 16. The van der Waals surface area contributed by atoms with Gasteiger partial charge in [-0.15, -0.1) is 22.7 Å². The Hall–Kier alpha value is -7.47. The number of phenols is 1. The fourth-order valence-corrected chi connectivity index (χ4v) is 12.1. The van der Waals surface area contributed by atoms with E-state index >= 15 is 0 Å². The first kappa shape index (κ1) is 61.1. The molecule has 1 unspecified atom stereocenters. The van der Waals surface area contributed by atoms with Crippen LogP contribution < -0.4 is 15.5 Å². The number of halogens is 1. The number of aliphatic hydroxyl groups excluding tert-OH is 1. The highest BCUT2D eigenvalue weighted by atomic mass is 32.1. The fourth-order valence-electron chi connectivity index (χ4n) is 10.7. The molecule has 0 saturated carbocycles. The summed E-state index contributed by atoms with van der Waals surface area (Å²) in [7, 11) is 0. The Balaban J connectivity index is 0.635. The minimum absolute atomic E-state index is 0.00621. The third-order valence-electron chi connectivity index (χ3n) is 15.3. The molecule has 2 fully saturated rings. The molecule has 3 aliphatic heterocycles. The molecule has 0 spiro atoms. The van der Waals surface area contributed by atoms with E-state index in [9.17, 15) is 43.4 Å². The number of nitrogens with zero attached hydrogens (tertiary/aromatic N) is 6. The monoisotopic (exact) mass is 1190 g/mol. The highest BCUT2D eigenvalue weighted by Gasteiger charge is 2.44. The molecule has 2 saturated heterocycles. The van der Waals surface area contributed by atoms with Crippen molar-refractivity contribution in [1.82, 2.24) is 30.0 Å². The average molecular weight is 1190 g/mol. The summed E-state index contributed by atoms with van der Waals surface area (Å²) in [4.78, 5) is 97.8. The lowest BCUT2D eigenvalue weighted by Gasteiger charge is -2.36. The second-order valence-electron chi connectivity index (χ2n) is 22.2. The Morgan fingerprint density at radius 1 is 0.798 bits per heavy atom. The van der Waals surface area contributed by atoms with Crippen molar-refractivity contribution in [1.29, 1.82) is 0 Å². The highest BCUT2D eigenvalue weighted by molar-refractivity contribution is 7.14. The average Bonchev–Trinajstić information content (AvgIpc) is 3.01. The number of carbonyl (C=O) groups is 6. The minimum atomic E-state index is -1.33. The number of carbonyl (C=O) groups excluding carboxylic acids is 6. The van der Waals surface area contributed by atoms with E-state index in [-0.39, 0.29) is 94.1 Å². The number of benzene rings is 4. The lowest BCUT2D eigenvalue weighted by molar-refractivity contribution is -0.143. The van der Waals surface area contributed by atoms with Crippen molar-refractivity contribution in [2.24, 2.45) is 5.41 Å². The molecule has 4 aromatic carbocycles. The van der Waals surface area contributed by atoms with Crippen LogP contribution in [0.2, 0.25) is 0 Å². The first-order chi connectivity index (χ1) is 40.4. The zero-order valence-corrected chi connectivity index (χ0v) is 49.2. The number of aliphatic hydroxyl groups is 1. The summed E-state index contributed by atoms with van der Waals surface area (Å²) in [5.74, 6) is -2.94. The molecule has 5 heterocycles. The van der Waals surface area contributed by atoms with Gasteiger partial charge in [0.2, 0.25) is 17.7 Å². The number of fused-ring (bicyclic) bond motifs is 1. The predicted octanol–water partition coefficient (Wildman–Crippen LogP) is 7.60. The van der Waals surface area contributed by atoms with Gasteiger partial charge in [0.25, 0.3) is 11.8 Å². The molecule has 2 aromatic heterocycles. The van der Waals surface area contributed by atoms with Crippen LogP contribution in [0.3, 0.4) is 0 Å². The lowest BCUT2D eigenvalue weighted by Crippen LogP contribution is -2.56. The molecule has 9 rings (SSSR count). The molecular weight excluding hydrogens is 1120 g/mol. The molecule has 19 nitrogen and oxygen atoms in total. The van der Waals surface area contributed by atoms with Gasteiger partial charge < -0.3 is 49.3 Å². The third-order valence-corrected chi connectivity index (χ3v) is 17.0.